The predicted octanol–water partition coefficient (Wildman–Crippen LogP) is 4.44. The number of rotatable bonds is 4. The summed E-state index contributed by atoms with van der Waals surface area (Å²) in [5, 5.41) is 13.0. The molecular weight excluding hydrogens is 234 g/mol. The zero-order chi connectivity index (χ0) is 13.8. The van der Waals surface area contributed by atoms with Gasteiger partial charge < -0.3 is 10.4 Å². The van der Waals surface area contributed by atoms with E-state index in [0.717, 1.165) is 16.8 Å². The Balaban J connectivity index is 2.16. The molecule has 0 aliphatic carbocycles. The molecule has 0 unspecified atom stereocenters. The van der Waals surface area contributed by atoms with Gasteiger partial charge in [0.2, 0.25) is 0 Å². The third kappa shape index (κ3) is 3.38. The smallest absolute Gasteiger partial charge is 0.115 e. The number of benzene rings is 2. The minimum atomic E-state index is 0.112. The number of aryl methyl sites for hydroxylation is 2. The van der Waals surface area contributed by atoms with Crippen LogP contribution in [-0.4, -0.2) is 5.11 Å². The van der Waals surface area contributed by atoms with Crippen LogP contribution in [-0.2, 0) is 6.54 Å². The Morgan fingerprint density at radius 2 is 1.68 bits per heavy atom. The molecule has 0 radical (unpaired) electrons. The van der Waals surface area contributed by atoms with E-state index in [0.29, 0.717) is 6.54 Å². The molecule has 0 aliphatic heterocycles. The van der Waals surface area contributed by atoms with Crippen molar-refractivity contribution in [2.75, 3.05) is 5.32 Å². The molecule has 2 nitrogen and oxygen atoms in total. The van der Waals surface area contributed by atoms with Crippen molar-refractivity contribution in [3.05, 3.63) is 71.3 Å². The molecule has 0 atom stereocenters. The fraction of sp³-hybridized carbons (Fsp3) is 0.176. The lowest BCUT2D eigenvalue weighted by Gasteiger charge is -2.12. The van der Waals surface area contributed by atoms with E-state index in [1.807, 2.05) is 19.1 Å². The number of nitrogens with one attached hydrogen (secondary N) is 1. The van der Waals surface area contributed by atoms with E-state index in [1.54, 1.807) is 0 Å². The molecule has 0 fully saturated rings. The quantitative estimate of drug-likeness (QED) is 0.789. The second-order valence-electron chi connectivity index (χ2n) is 4.83. The minimum Gasteiger partial charge on any atom is -0.508 e. The van der Waals surface area contributed by atoms with E-state index in [1.165, 1.54) is 11.1 Å². The molecule has 2 rings (SSSR count). The van der Waals surface area contributed by atoms with Crippen molar-refractivity contribution in [2.45, 2.75) is 20.4 Å². The first-order valence-electron chi connectivity index (χ1n) is 6.34. The Bertz CT molecular complexity index is 585. The van der Waals surface area contributed by atoms with Gasteiger partial charge in [-0.05, 0) is 31.5 Å². The average Bonchev–Trinajstić information content (AvgIpc) is 2.38. The highest BCUT2D eigenvalue weighted by Crippen LogP contribution is 2.19. The van der Waals surface area contributed by atoms with Crippen LogP contribution >= 0.6 is 0 Å². The molecule has 0 heterocycles. The number of hydrogen-bond acceptors (Lipinski definition) is 2. The molecule has 2 aromatic carbocycles. The maximum Gasteiger partial charge on any atom is 0.115 e. The van der Waals surface area contributed by atoms with Crippen molar-refractivity contribution >= 4 is 11.4 Å². The van der Waals surface area contributed by atoms with Crippen LogP contribution < -0.4 is 5.32 Å². The molecule has 98 valence electrons. The van der Waals surface area contributed by atoms with Crippen LogP contribution in [0.3, 0.4) is 0 Å². The van der Waals surface area contributed by atoms with Crippen LogP contribution in [0.15, 0.2) is 49.0 Å². The Morgan fingerprint density at radius 1 is 1.05 bits per heavy atom. The standard InChI is InChI=1S/C17H19NO/c1-12-4-7-16(8-5-12)18-11-15-10-13(2)6-9-17(15)14(3)19/h4-10,18-19H,3,11H2,1-2H3. The molecule has 0 aromatic heterocycles. The SMILES string of the molecule is C=C(O)c1ccc(C)cc1CNc1ccc(C)cc1. The molecule has 0 bridgehead atoms. The van der Waals surface area contributed by atoms with Crippen molar-refractivity contribution in [1.29, 1.82) is 0 Å². The third-order valence-electron chi connectivity index (χ3n) is 3.11. The number of anilines is 1. The van der Waals surface area contributed by atoms with Crippen molar-refractivity contribution in [2.24, 2.45) is 0 Å². The molecule has 0 amide bonds. The van der Waals surface area contributed by atoms with Crippen LogP contribution in [0.4, 0.5) is 5.69 Å². The van der Waals surface area contributed by atoms with E-state index >= 15 is 0 Å². The zero-order valence-corrected chi connectivity index (χ0v) is 11.4. The summed E-state index contributed by atoms with van der Waals surface area (Å²) in [7, 11) is 0. The van der Waals surface area contributed by atoms with Crippen molar-refractivity contribution in [3.63, 3.8) is 0 Å². The van der Waals surface area contributed by atoms with Crippen LogP contribution in [0, 0.1) is 13.8 Å². The highest BCUT2D eigenvalue weighted by atomic mass is 16.3. The van der Waals surface area contributed by atoms with Gasteiger partial charge in [-0.15, -0.1) is 0 Å². The van der Waals surface area contributed by atoms with Gasteiger partial charge in [-0.3, -0.25) is 0 Å². The summed E-state index contributed by atoms with van der Waals surface area (Å²) in [6, 6.07) is 14.2. The van der Waals surface area contributed by atoms with Crippen LogP contribution in [0.5, 0.6) is 0 Å². The van der Waals surface area contributed by atoms with Crippen LogP contribution in [0.2, 0.25) is 0 Å². The summed E-state index contributed by atoms with van der Waals surface area (Å²) in [5.74, 6) is 0.112. The normalized spacial score (nSPS) is 10.2. The Hall–Kier alpha value is -2.22. The largest absolute Gasteiger partial charge is 0.508 e. The molecular formula is C17H19NO. The number of hydrogen-bond donors (Lipinski definition) is 2. The molecule has 0 saturated heterocycles. The summed E-state index contributed by atoms with van der Waals surface area (Å²) >= 11 is 0. The Morgan fingerprint density at radius 3 is 2.32 bits per heavy atom. The lowest BCUT2D eigenvalue weighted by Crippen LogP contribution is -2.03. The molecule has 0 saturated carbocycles. The fourth-order valence-electron chi connectivity index (χ4n) is 2.02. The topological polar surface area (TPSA) is 32.3 Å². The minimum absolute atomic E-state index is 0.112. The monoisotopic (exact) mass is 253 g/mol. The molecule has 2 heteroatoms. The summed E-state index contributed by atoms with van der Waals surface area (Å²) in [6.45, 7) is 8.39. The summed E-state index contributed by atoms with van der Waals surface area (Å²) in [5.41, 5.74) is 5.33. The van der Waals surface area contributed by atoms with Gasteiger partial charge in [-0.25, -0.2) is 0 Å². The van der Waals surface area contributed by atoms with Gasteiger partial charge in [-0.1, -0.05) is 48.0 Å². The van der Waals surface area contributed by atoms with E-state index in [4.69, 9.17) is 0 Å². The second kappa shape index (κ2) is 5.61. The maximum absolute atomic E-state index is 9.61. The predicted molar refractivity (Wildman–Crippen MR) is 81.3 cm³/mol. The Kier molecular flexibility index (Phi) is 3.91. The molecule has 19 heavy (non-hydrogen) atoms. The Labute approximate surface area is 114 Å². The number of aliphatic hydroxyl groups excluding tert-OH is 1. The van der Waals surface area contributed by atoms with Crippen molar-refractivity contribution in [3.8, 4) is 0 Å². The van der Waals surface area contributed by atoms with E-state index in [2.05, 4.69) is 49.2 Å². The summed E-state index contributed by atoms with van der Waals surface area (Å²) < 4.78 is 0. The van der Waals surface area contributed by atoms with Gasteiger partial charge >= 0.3 is 0 Å². The lowest BCUT2D eigenvalue weighted by atomic mass is 10.0. The van der Waals surface area contributed by atoms with Crippen molar-refractivity contribution < 1.29 is 5.11 Å². The first-order valence-corrected chi connectivity index (χ1v) is 6.34. The van der Waals surface area contributed by atoms with E-state index < -0.39 is 0 Å². The van der Waals surface area contributed by atoms with Crippen molar-refractivity contribution in [1.82, 2.24) is 0 Å². The highest BCUT2D eigenvalue weighted by Gasteiger charge is 2.05. The van der Waals surface area contributed by atoms with Crippen LogP contribution in [0.25, 0.3) is 5.76 Å². The zero-order valence-electron chi connectivity index (χ0n) is 11.4. The highest BCUT2D eigenvalue weighted by molar-refractivity contribution is 5.61. The van der Waals surface area contributed by atoms with Gasteiger partial charge in [-0.2, -0.15) is 0 Å². The first kappa shape index (κ1) is 13.2. The molecule has 0 aliphatic rings. The van der Waals surface area contributed by atoms with Gasteiger partial charge in [0, 0.05) is 17.8 Å². The summed E-state index contributed by atoms with van der Waals surface area (Å²) in [6.07, 6.45) is 0. The van der Waals surface area contributed by atoms with E-state index in [-0.39, 0.29) is 5.76 Å². The van der Waals surface area contributed by atoms with Gasteiger partial charge in [0.1, 0.15) is 5.76 Å². The van der Waals surface area contributed by atoms with Gasteiger partial charge in [0.05, 0.1) is 0 Å². The average molecular weight is 253 g/mol. The van der Waals surface area contributed by atoms with E-state index in [9.17, 15) is 5.11 Å². The number of aliphatic hydroxyl groups is 1. The van der Waals surface area contributed by atoms with Crippen LogP contribution in [0.1, 0.15) is 22.3 Å². The molecule has 2 N–H and O–H groups in total. The maximum atomic E-state index is 9.61. The third-order valence-corrected chi connectivity index (χ3v) is 3.11. The molecule has 0 spiro atoms. The lowest BCUT2D eigenvalue weighted by molar-refractivity contribution is 0.513. The second-order valence-corrected chi connectivity index (χ2v) is 4.83. The summed E-state index contributed by atoms with van der Waals surface area (Å²) in [4.78, 5) is 0. The molecule has 2 aromatic rings. The fourth-order valence-corrected chi connectivity index (χ4v) is 2.02. The first-order chi connectivity index (χ1) is 9.06. The van der Waals surface area contributed by atoms with Gasteiger partial charge in [0.25, 0.3) is 0 Å². The van der Waals surface area contributed by atoms with Gasteiger partial charge in [0.15, 0.2) is 0 Å².